The third-order valence-electron chi connectivity index (χ3n) is 3.65. The number of anilines is 1. The fraction of sp³-hybridized carbons (Fsp3) is 0.529. The molecule has 0 fully saturated rings. The summed E-state index contributed by atoms with van der Waals surface area (Å²) in [5, 5.41) is 5.71. The summed E-state index contributed by atoms with van der Waals surface area (Å²) in [5.74, 6) is -0.520. The van der Waals surface area contributed by atoms with Crippen molar-refractivity contribution < 1.29 is 9.59 Å². The normalized spacial score (nSPS) is 11.1. The van der Waals surface area contributed by atoms with Crippen LogP contribution in [0.1, 0.15) is 45.2 Å². The summed E-state index contributed by atoms with van der Waals surface area (Å²) in [6.07, 6.45) is 1.68. The molecule has 4 nitrogen and oxygen atoms in total. The predicted molar refractivity (Wildman–Crippen MR) is 86.3 cm³/mol. The van der Waals surface area contributed by atoms with E-state index < -0.39 is 5.41 Å². The Balaban J connectivity index is 2.92. The first-order valence-electron chi connectivity index (χ1n) is 7.52. The minimum atomic E-state index is -1.09. The first-order chi connectivity index (χ1) is 9.84. The van der Waals surface area contributed by atoms with E-state index in [2.05, 4.69) is 10.6 Å². The number of hydrogen-bond donors (Lipinski definition) is 2. The van der Waals surface area contributed by atoms with E-state index in [0.29, 0.717) is 6.54 Å². The van der Waals surface area contributed by atoms with E-state index in [9.17, 15) is 9.59 Å². The summed E-state index contributed by atoms with van der Waals surface area (Å²) in [6.45, 7) is 9.87. The SMILES string of the molecule is CCCNC(=O)C(C)(C)C(=O)Nc1c(C)cccc1CC. The van der Waals surface area contributed by atoms with Gasteiger partial charge in [0.2, 0.25) is 11.8 Å². The molecule has 2 N–H and O–H groups in total. The van der Waals surface area contributed by atoms with Gasteiger partial charge in [-0.25, -0.2) is 0 Å². The molecule has 4 heteroatoms. The molecule has 0 atom stereocenters. The van der Waals surface area contributed by atoms with Gasteiger partial charge in [-0.2, -0.15) is 0 Å². The average Bonchev–Trinajstić information content (AvgIpc) is 2.46. The van der Waals surface area contributed by atoms with Crippen LogP contribution in [-0.2, 0) is 16.0 Å². The highest BCUT2D eigenvalue weighted by atomic mass is 16.2. The molecule has 0 spiro atoms. The summed E-state index contributed by atoms with van der Waals surface area (Å²) in [5.41, 5.74) is 1.81. The van der Waals surface area contributed by atoms with Crippen LogP contribution in [0.2, 0.25) is 0 Å². The van der Waals surface area contributed by atoms with Crippen molar-refractivity contribution in [1.29, 1.82) is 0 Å². The van der Waals surface area contributed by atoms with Crippen LogP contribution in [0.15, 0.2) is 18.2 Å². The lowest BCUT2D eigenvalue weighted by atomic mass is 9.90. The average molecular weight is 290 g/mol. The summed E-state index contributed by atoms with van der Waals surface area (Å²) in [6, 6.07) is 5.93. The van der Waals surface area contributed by atoms with E-state index in [1.54, 1.807) is 13.8 Å². The molecular weight excluding hydrogens is 264 g/mol. The van der Waals surface area contributed by atoms with E-state index in [1.165, 1.54) is 0 Å². The van der Waals surface area contributed by atoms with Gasteiger partial charge >= 0.3 is 0 Å². The highest BCUT2D eigenvalue weighted by Crippen LogP contribution is 2.25. The smallest absolute Gasteiger partial charge is 0.239 e. The molecule has 21 heavy (non-hydrogen) atoms. The zero-order valence-electron chi connectivity index (χ0n) is 13.7. The highest BCUT2D eigenvalue weighted by Gasteiger charge is 2.36. The van der Waals surface area contributed by atoms with Crippen molar-refractivity contribution in [3.8, 4) is 0 Å². The van der Waals surface area contributed by atoms with Crippen LogP contribution in [0.3, 0.4) is 0 Å². The Kier molecular flexibility index (Phi) is 5.94. The Bertz CT molecular complexity index is 522. The molecular formula is C17H26N2O2. The fourth-order valence-electron chi connectivity index (χ4n) is 2.03. The van der Waals surface area contributed by atoms with Gasteiger partial charge in [-0.05, 0) is 44.7 Å². The van der Waals surface area contributed by atoms with Crippen molar-refractivity contribution in [3.63, 3.8) is 0 Å². The minimum absolute atomic E-state index is 0.242. The van der Waals surface area contributed by atoms with Crippen molar-refractivity contribution in [2.45, 2.75) is 47.5 Å². The first kappa shape index (κ1) is 17.2. The van der Waals surface area contributed by atoms with Gasteiger partial charge in [-0.3, -0.25) is 9.59 Å². The topological polar surface area (TPSA) is 58.2 Å². The number of hydrogen-bond acceptors (Lipinski definition) is 2. The lowest BCUT2D eigenvalue weighted by Crippen LogP contribution is -2.45. The maximum atomic E-state index is 12.5. The second kappa shape index (κ2) is 7.25. The highest BCUT2D eigenvalue weighted by molar-refractivity contribution is 6.10. The molecule has 0 heterocycles. The standard InChI is InChI=1S/C17H26N2O2/c1-6-11-18-15(20)17(4,5)16(21)19-14-12(3)9-8-10-13(14)7-2/h8-10H,6-7,11H2,1-5H3,(H,18,20)(H,19,21). The number of rotatable bonds is 6. The van der Waals surface area contributed by atoms with Gasteiger partial charge in [0.25, 0.3) is 0 Å². The van der Waals surface area contributed by atoms with Crippen LogP contribution < -0.4 is 10.6 Å². The fourth-order valence-corrected chi connectivity index (χ4v) is 2.03. The lowest BCUT2D eigenvalue weighted by molar-refractivity contribution is -0.138. The van der Waals surface area contributed by atoms with Gasteiger partial charge in [0.1, 0.15) is 5.41 Å². The Morgan fingerprint density at radius 3 is 2.38 bits per heavy atom. The molecule has 0 aliphatic rings. The third kappa shape index (κ3) is 4.06. The Labute approximate surface area is 127 Å². The van der Waals surface area contributed by atoms with Crippen LogP contribution in [0, 0.1) is 12.3 Å². The summed E-state index contributed by atoms with van der Waals surface area (Å²) in [4.78, 5) is 24.6. The second-order valence-corrected chi connectivity index (χ2v) is 5.80. The zero-order valence-corrected chi connectivity index (χ0v) is 13.7. The lowest BCUT2D eigenvalue weighted by Gasteiger charge is -2.24. The first-order valence-corrected chi connectivity index (χ1v) is 7.52. The molecule has 0 aliphatic carbocycles. The van der Waals surface area contributed by atoms with Crippen LogP contribution in [0.25, 0.3) is 0 Å². The minimum Gasteiger partial charge on any atom is -0.355 e. The Hall–Kier alpha value is -1.84. The molecule has 0 bridgehead atoms. The van der Waals surface area contributed by atoms with Crippen molar-refractivity contribution >= 4 is 17.5 Å². The third-order valence-corrected chi connectivity index (χ3v) is 3.65. The molecule has 1 aromatic rings. The van der Waals surface area contributed by atoms with E-state index in [4.69, 9.17) is 0 Å². The van der Waals surface area contributed by atoms with Crippen LogP contribution in [0.4, 0.5) is 5.69 Å². The molecule has 0 saturated carbocycles. The summed E-state index contributed by atoms with van der Waals surface area (Å²) < 4.78 is 0. The Morgan fingerprint density at radius 2 is 1.81 bits per heavy atom. The molecule has 0 aliphatic heterocycles. The molecule has 0 saturated heterocycles. The van der Waals surface area contributed by atoms with E-state index in [0.717, 1.165) is 29.7 Å². The van der Waals surface area contributed by atoms with Crippen molar-refractivity contribution in [3.05, 3.63) is 29.3 Å². The summed E-state index contributed by atoms with van der Waals surface area (Å²) in [7, 11) is 0. The molecule has 1 aromatic carbocycles. The molecule has 116 valence electrons. The summed E-state index contributed by atoms with van der Waals surface area (Å²) >= 11 is 0. The van der Waals surface area contributed by atoms with Gasteiger partial charge in [0.05, 0.1) is 0 Å². The number of aryl methyl sites for hydroxylation is 2. The monoisotopic (exact) mass is 290 g/mol. The van der Waals surface area contributed by atoms with Crippen molar-refractivity contribution in [2.75, 3.05) is 11.9 Å². The molecule has 0 aromatic heterocycles. The number of nitrogens with one attached hydrogen (secondary N) is 2. The quantitative estimate of drug-likeness (QED) is 0.791. The molecule has 2 amide bonds. The van der Waals surface area contributed by atoms with Gasteiger partial charge in [0.15, 0.2) is 0 Å². The van der Waals surface area contributed by atoms with E-state index >= 15 is 0 Å². The number of carbonyl (C=O) groups is 2. The van der Waals surface area contributed by atoms with Crippen LogP contribution >= 0.6 is 0 Å². The van der Waals surface area contributed by atoms with Crippen LogP contribution in [0.5, 0.6) is 0 Å². The van der Waals surface area contributed by atoms with E-state index in [1.807, 2.05) is 39.0 Å². The van der Waals surface area contributed by atoms with E-state index in [-0.39, 0.29) is 11.8 Å². The van der Waals surface area contributed by atoms with Gasteiger partial charge in [0, 0.05) is 12.2 Å². The number of carbonyl (C=O) groups excluding carboxylic acids is 2. The maximum absolute atomic E-state index is 12.5. The number of amides is 2. The van der Waals surface area contributed by atoms with Crippen molar-refractivity contribution in [2.24, 2.45) is 5.41 Å². The molecule has 0 unspecified atom stereocenters. The zero-order chi connectivity index (χ0) is 16.0. The second-order valence-electron chi connectivity index (χ2n) is 5.80. The number of benzene rings is 1. The largest absolute Gasteiger partial charge is 0.355 e. The molecule has 0 radical (unpaired) electrons. The van der Waals surface area contributed by atoms with Crippen molar-refractivity contribution in [1.82, 2.24) is 5.32 Å². The Morgan fingerprint density at radius 1 is 1.14 bits per heavy atom. The van der Waals surface area contributed by atoms with Crippen LogP contribution in [-0.4, -0.2) is 18.4 Å². The molecule has 1 rings (SSSR count). The predicted octanol–water partition coefficient (Wildman–Crippen LogP) is 3.05. The van der Waals surface area contributed by atoms with Gasteiger partial charge < -0.3 is 10.6 Å². The number of para-hydroxylation sites is 1. The van der Waals surface area contributed by atoms with Gasteiger partial charge in [-0.1, -0.05) is 32.0 Å². The van der Waals surface area contributed by atoms with Gasteiger partial charge in [-0.15, -0.1) is 0 Å². The maximum Gasteiger partial charge on any atom is 0.239 e.